The second kappa shape index (κ2) is 6.83. The lowest BCUT2D eigenvalue weighted by molar-refractivity contribution is 0.693. The molecular weight excluding hydrogens is 324 g/mol. The van der Waals surface area contributed by atoms with Gasteiger partial charge in [-0.25, -0.2) is 0 Å². The van der Waals surface area contributed by atoms with Crippen molar-refractivity contribution in [1.82, 2.24) is 5.32 Å². The van der Waals surface area contributed by atoms with Crippen molar-refractivity contribution < 1.29 is 0 Å². The first-order chi connectivity index (χ1) is 9.09. The normalized spacial score (nSPS) is 10.7. The Hall–Kier alpha value is -0.440. The van der Waals surface area contributed by atoms with Gasteiger partial charge in [0.2, 0.25) is 0 Å². The number of rotatable bonds is 4. The van der Waals surface area contributed by atoms with E-state index in [1.54, 1.807) is 6.07 Å². The second-order valence-electron chi connectivity index (χ2n) is 4.05. The van der Waals surface area contributed by atoms with E-state index in [0.29, 0.717) is 26.6 Å². The molecule has 100 valence electrons. The fraction of sp³-hybridized carbons (Fsp3) is 0.143. The quantitative estimate of drug-likeness (QED) is 0.567. The number of nitrogens with one attached hydrogen (secondary N) is 1. The van der Waals surface area contributed by atoms with Crippen molar-refractivity contribution in [2.45, 2.75) is 13.1 Å². The molecule has 0 bridgehead atoms. The Labute approximate surface area is 132 Å². The smallest absolute Gasteiger partial charge is 0.0797 e. The van der Waals surface area contributed by atoms with Gasteiger partial charge < -0.3 is 5.32 Å². The average molecular weight is 335 g/mol. The van der Waals surface area contributed by atoms with Gasteiger partial charge in [0.1, 0.15) is 0 Å². The van der Waals surface area contributed by atoms with Gasteiger partial charge in [0.25, 0.3) is 0 Å². The molecule has 0 heterocycles. The molecule has 0 atom stereocenters. The van der Waals surface area contributed by atoms with Gasteiger partial charge in [-0.15, -0.1) is 0 Å². The fourth-order valence-corrected chi connectivity index (χ4v) is 2.60. The summed E-state index contributed by atoms with van der Waals surface area (Å²) in [7, 11) is 0. The lowest BCUT2D eigenvalue weighted by Gasteiger charge is -2.10. The van der Waals surface area contributed by atoms with E-state index >= 15 is 0 Å². The van der Waals surface area contributed by atoms with E-state index in [1.165, 1.54) is 5.56 Å². The Bertz CT molecular complexity index is 569. The molecule has 2 rings (SSSR count). The summed E-state index contributed by atoms with van der Waals surface area (Å²) in [5.74, 6) is 0. The van der Waals surface area contributed by atoms with E-state index in [1.807, 2.05) is 18.2 Å². The summed E-state index contributed by atoms with van der Waals surface area (Å²) in [5, 5.41) is 4.73. The van der Waals surface area contributed by atoms with Crippen LogP contribution in [0.1, 0.15) is 11.1 Å². The summed E-state index contributed by atoms with van der Waals surface area (Å²) < 4.78 is 0. The summed E-state index contributed by atoms with van der Waals surface area (Å²) in [4.78, 5) is 0. The molecule has 0 amide bonds. The van der Waals surface area contributed by atoms with Crippen LogP contribution in [0.3, 0.4) is 0 Å². The summed E-state index contributed by atoms with van der Waals surface area (Å²) in [6, 6.07) is 11.8. The van der Waals surface area contributed by atoms with Crippen molar-refractivity contribution in [1.29, 1.82) is 0 Å². The minimum Gasteiger partial charge on any atom is -0.309 e. The summed E-state index contributed by atoms with van der Waals surface area (Å²) in [6.45, 7) is 1.32. The maximum Gasteiger partial charge on any atom is 0.0797 e. The van der Waals surface area contributed by atoms with Crippen molar-refractivity contribution in [3.8, 4) is 0 Å². The molecule has 0 aromatic heterocycles. The van der Waals surface area contributed by atoms with Crippen LogP contribution in [0.15, 0.2) is 36.4 Å². The van der Waals surface area contributed by atoms with Crippen LogP contribution in [-0.4, -0.2) is 0 Å². The second-order valence-corrected chi connectivity index (χ2v) is 5.59. The van der Waals surface area contributed by atoms with Gasteiger partial charge in [0, 0.05) is 13.1 Å². The number of benzene rings is 2. The van der Waals surface area contributed by atoms with Crippen molar-refractivity contribution in [2.24, 2.45) is 0 Å². The van der Waals surface area contributed by atoms with Crippen molar-refractivity contribution in [3.63, 3.8) is 0 Å². The molecule has 1 N–H and O–H groups in total. The highest BCUT2D eigenvalue weighted by atomic mass is 35.5. The third-order valence-electron chi connectivity index (χ3n) is 2.67. The Balaban J connectivity index is 2.04. The highest BCUT2D eigenvalue weighted by Crippen LogP contribution is 2.38. The first kappa shape index (κ1) is 15.0. The summed E-state index contributed by atoms with van der Waals surface area (Å²) in [6.07, 6.45) is 0. The molecule has 19 heavy (non-hydrogen) atoms. The molecule has 0 aliphatic rings. The maximum absolute atomic E-state index is 6.14. The standard InChI is InChI=1S/C14H11Cl4N/c15-11-6-10(12(16)14(18)13(11)17)8-19-7-9-4-2-1-3-5-9/h1-6,19H,7-8H2. The van der Waals surface area contributed by atoms with Crippen LogP contribution in [-0.2, 0) is 13.1 Å². The molecule has 5 heteroatoms. The minimum absolute atomic E-state index is 0.292. The Kier molecular flexibility index (Phi) is 5.37. The van der Waals surface area contributed by atoms with E-state index in [9.17, 15) is 0 Å². The van der Waals surface area contributed by atoms with Crippen LogP contribution in [0.4, 0.5) is 0 Å². The highest BCUT2D eigenvalue weighted by molar-refractivity contribution is 6.51. The Morgan fingerprint density at radius 2 is 1.47 bits per heavy atom. The van der Waals surface area contributed by atoms with Crippen molar-refractivity contribution in [2.75, 3.05) is 0 Å². The van der Waals surface area contributed by atoms with Crippen LogP contribution >= 0.6 is 46.4 Å². The van der Waals surface area contributed by atoms with Crippen LogP contribution in [0.5, 0.6) is 0 Å². The van der Waals surface area contributed by atoms with Crippen molar-refractivity contribution in [3.05, 3.63) is 67.6 Å². The lowest BCUT2D eigenvalue weighted by Crippen LogP contribution is -2.13. The number of hydrogen-bond acceptors (Lipinski definition) is 1. The lowest BCUT2D eigenvalue weighted by atomic mass is 10.2. The van der Waals surface area contributed by atoms with Crippen molar-refractivity contribution >= 4 is 46.4 Å². The third kappa shape index (κ3) is 3.77. The van der Waals surface area contributed by atoms with Gasteiger partial charge in [-0.05, 0) is 17.2 Å². The molecule has 2 aromatic carbocycles. The molecule has 0 spiro atoms. The highest BCUT2D eigenvalue weighted by Gasteiger charge is 2.12. The van der Waals surface area contributed by atoms with E-state index < -0.39 is 0 Å². The Morgan fingerprint density at radius 3 is 2.16 bits per heavy atom. The molecule has 0 aliphatic carbocycles. The van der Waals surface area contributed by atoms with E-state index in [-0.39, 0.29) is 0 Å². The van der Waals surface area contributed by atoms with Gasteiger partial charge in [0.05, 0.1) is 20.1 Å². The SMILES string of the molecule is Clc1cc(CNCc2ccccc2)c(Cl)c(Cl)c1Cl. The monoisotopic (exact) mass is 333 g/mol. The molecule has 2 aromatic rings. The summed E-state index contributed by atoms with van der Waals surface area (Å²) in [5.41, 5.74) is 2.03. The molecule has 1 nitrogen and oxygen atoms in total. The van der Waals surface area contributed by atoms with E-state index in [4.69, 9.17) is 46.4 Å². The fourth-order valence-electron chi connectivity index (χ4n) is 1.69. The molecule has 0 radical (unpaired) electrons. The zero-order valence-corrected chi connectivity index (χ0v) is 12.9. The number of hydrogen-bond donors (Lipinski definition) is 1. The predicted octanol–water partition coefficient (Wildman–Crippen LogP) is 5.59. The molecule has 0 saturated heterocycles. The minimum atomic E-state index is 0.292. The molecular formula is C14H11Cl4N. The van der Waals surface area contributed by atoms with Crippen LogP contribution in [0.25, 0.3) is 0 Å². The average Bonchev–Trinajstić information content (AvgIpc) is 2.43. The Morgan fingerprint density at radius 1 is 0.789 bits per heavy atom. The number of halogens is 4. The zero-order chi connectivity index (χ0) is 13.8. The maximum atomic E-state index is 6.14. The summed E-state index contributed by atoms with van der Waals surface area (Å²) >= 11 is 24.0. The van der Waals surface area contributed by atoms with Crippen LogP contribution in [0.2, 0.25) is 20.1 Å². The van der Waals surface area contributed by atoms with Gasteiger partial charge in [-0.1, -0.05) is 76.7 Å². The molecule has 0 fully saturated rings. The molecule has 0 saturated carbocycles. The molecule has 0 unspecified atom stereocenters. The van der Waals surface area contributed by atoms with Gasteiger partial charge in [-0.2, -0.15) is 0 Å². The largest absolute Gasteiger partial charge is 0.309 e. The van der Waals surface area contributed by atoms with Crippen LogP contribution in [0, 0.1) is 0 Å². The van der Waals surface area contributed by atoms with Crippen LogP contribution < -0.4 is 5.32 Å². The predicted molar refractivity (Wildman–Crippen MR) is 83.5 cm³/mol. The van der Waals surface area contributed by atoms with Gasteiger partial charge in [-0.3, -0.25) is 0 Å². The van der Waals surface area contributed by atoms with E-state index in [2.05, 4.69) is 17.4 Å². The third-order valence-corrected chi connectivity index (χ3v) is 4.46. The molecule has 0 aliphatic heterocycles. The zero-order valence-electron chi connectivity index (χ0n) is 9.89. The topological polar surface area (TPSA) is 12.0 Å². The van der Waals surface area contributed by atoms with E-state index in [0.717, 1.165) is 12.1 Å². The van der Waals surface area contributed by atoms with Gasteiger partial charge >= 0.3 is 0 Å². The first-order valence-electron chi connectivity index (χ1n) is 5.66. The first-order valence-corrected chi connectivity index (χ1v) is 7.17. The van der Waals surface area contributed by atoms with Gasteiger partial charge in [0.15, 0.2) is 0 Å².